The minimum atomic E-state index is -0.355. The maximum Gasteiger partial charge on any atom is 0.289 e. The lowest BCUT2D eigenvalue weighted by molar-refractivity contribution is -0.127. The van der Waals surface area contributed by atoms with E-state index in [0.717, 1.165) is 25.7 Å². The van der Waals surface area contributed by atoms with Crippen LogP contribution in [0.25, 0.3) is 0 Å². The third-order valence-corrected chi connectivity index (χ3v) is 6.32. The van der Waals surface area contributed by atoms with Crippen molar-refractivity contribution in [3.05, 3.63) is 45.5 Å². The van der Waals surface area contributed by atoms with Crippen LogP contribution in [-0.2, 0) is 17.6 Å². The number of furan rings is 1. The van der Waals surface area contributed by atoms with Gasteiger partial charge in [0.1, 0.15) is 0 Å². The zero-order valence-electron chi connectivity index (χ0n) is 14.8. The van der Waals surface area contributed by atoms with Crippen LogP contribution in [0.5, 0.6) is 0 Å². The smallest absolute Gasteiger partial charge is 0.289 e. The van der Waals surface area contributed by atoms with Gasteiger partial charge in [-0.05, 0) is 55.9 Å². The number of hydrogen-bond acceptors (Lipinski definition) is 5. The van der Waals surface area contributed by atoms with Crippen LogP contribution < -0.4 is 10.9 Å². The van der Waals surface area contributed by atoms with Crippen LogP contribution in [0.3, 0.4) is 0 Å². The van der Waals surface area contributed by atoms with Gasteiger partial charge in [-0.2, -0.15) is 0 Å². The third-order valence-electron chi connectivity index (χ3n) is 5.08. The van der Waals surface area contributed by atoms with Gasteiger partial charge < -0.3 is 9.32 Å². The molecule has 0 radical (unpaired) electrons. The number of hydrazine groups is 1. The van der Waals surface area contributed by atoms with Crippen molar-refractivity contribution >= 4 is 29.1 Å². The lowest BCUT2D eigenvalue weighted by atomic mass is 9.97. The number of thiophene rings is 1. The molecule has 1 aliphatic heterocycles. The van der Waals surface area contributed by atoms with E-state index >= 15 is 0 Å². The van der Waals surface area contributed by atoms with Crippen molar-refractivity contribution in [1.82, 2.24) is 15.8 Å². The highest BCUT2D eigenvalue weighted by Gasteiger charge is 2.30. The first-order chi connectivity index (χ1) is 13.1. The molecule has 8 heteroatoms. The molecule has 1 fully saturated rings. The number of carbonyl (C=O) groups excluding carboxylic acids is 3. The average molecular weight is 387 g/mol. The summed E-state index contributed by atoms with van der Waals surface area (Å²) in [5.41, 5.74) is 6.27. The summed E-state index contributed by atoms with van der Waals surface area (Å²) in [5, 5.41) is 0. The number of nitrogens with one attached hydrogen (secondary N) is 2. The van der Waals surface area contributed by atoms with Gasteiger partial charge >= 0.3 is 0 Å². The maximum absolute atomic E-state index is 12.4. The van der Waals surface area contributed by atoms with E-state index in [0.29, 0.717) is 24.4 Å². The summed E-state index contributed by atoms with van der Waals surface area (Å²) in [6.07, 6.45) is 6.06. The Morgan fingerprint density at radius 2 is 2.07 bits per heavy atom. The highest BCUT2D eigenvalue weighted by Crippen LogP contribution is 2.30. The average Bonchev–Trinajstić information content (AvgIpc) is 3.42. The molecule has 0 saturated carbocycles. The topological polar surface area (TPSA) is 91.7 Å². The Kier molecular flexibility index (Phi) is 4.98. The first kappa shape index (κ1) is 17.8. The molecule has 1 saturated heterocycles. The van der Waals surface area contributed by atoms with Crippen molar-refractivity contribution in [2.45, 2.75) is 32.1 Å². The van der Waals surface area contributed by atoms with Crippen molar-refractivity contribution in [3.8, 4) is 0 Å². The number of rotatable bonds is 3. The van der Waals surface area contributed by atoms with E-state index in [1.165, 1.54) is 28.0 Å². The Hall–Kier alpha value is -2.61. The molecule has 0 bridgehead atoms. The molecule has 7 nitrogen and oxygen atoms in total. The molecule has 27 heavy (non-hydrogen) atoms. The van der Waals surface area contributed by atoms with Crippen molar-refractivity contribution in [3.63, 3.8) is 0 Å². The number of amides is 3. The van der Waals surface area contributed by atoms with Gasteiger partial charge in [-0.3, -0.25) is 25.2 Å². The number of nitrogens with zero attached hydrogens (tertiary/aromatic N) is 1. The van der Waals surface area contributed by atoms with Crippen LogP contribution in [0, 0.1) is 5.92 Å². The molecule has 2 N–H and O–H groups in total. The first-order valence-electron chi connectivity index (χ1n) is 9.16. The molecule has 0 spiro atoms. The van der Waals surface area contributed by atoms with E-state index in [2.05, 4.69) is 10.9 Å². The van der Waals surface area contributed by atoms with Crippen LogP contribution >= 0.6 is 11.3 Å². The second-order valence-electron chi connectivity index (χ2n) is 6.92. The number of piperidine rings is 1. The summed E-state index contributed by atoms with van der Waals surface area (Å²) < 4.78 is 5.15. The molecular formula is C19H21N3O4S. The molecule has 4 rings (SSSR count). The second-order valence-corrected chi connectivity index (χ2v) is 8.06. The van der Waals surface area contributed by atoms with Crippen molar-refractivity contribution in [2.75, 3.05) is 13.1 Å². The largest absolute Gasteiger partial charge is 0.459 e. The normalized spacial score (nSPS) is 18.8. The Bertz CT molecular complexity index is 837. The Morgan fingerprint density at radius 1 is 1.19 bits per heavy atom. The van der Waals surface area contributed by atoms with Gasteiger partial charge in [0, 0.05) is 18.0 Å². The van der Waals surface area contributed by atoms with Crippen LogP contribution in [0.2, 0.25) is 0 Å². The van der Waals surface area contributed by atoms with Gasteiger partial charge in [0.2, 0.25) is 5.91 Å². The van der Waals surface area contributed by atoms with Crippen molar-refractivity contribution < 1.29 is 18.8 Å². The molecule has 3 amide bonds. The molecule has 2 aromatic rings. The molecule has 1 atom stereocenters. The third kappa shape index (κ3) is 3.75. The van der Waals surface area contributed by atoms with Gasteiger partial charge in [0.15, 0.2) is 5.76 Å². The predicted molar refractivity (Wildman–Crippen MR) is 99.3 cm³/mol. The van der Waals surface area contributed by atoms with Gasteiger partial charge in [-0.25, -0.2) is 0 Å². The Labute approximate surface area is 160 Å². The summed E-state index contributed by atoms with van der Waals surface area (Å²) in [4.78, 5) is 40.6. The monoisotopic (exact) mass is 387 g/mol. The maximum atomic E-state index is 12.4. The summed E-state index contributed by atoms with van der Waals surface area (Å²) >= 11 is 1.49. The summed E-state index contributed by atoms with van der Waals surface area (Å²) in [7, 11) is 0. The molecule has 1 unspecified atom stereocenters. The highest BCUT2D eigenvalue weighted by atomic mass is 32.1. The predicted octanol–water partition coefficient (Wildman–Crippen LogP) is 2.14. The van der Waals surface area contributed by atoms with E-state index in [4.69, 9.17) is 4.42 Å². The van der Waals surface area contributed by atoms with E-state index in [9.17, 15) is 14.4 Å². The van der Waals surface area contributed by atoms with E-state index in [1.54, 1.807) is 17.0 Å². The number of likely N-dealkylation sites (tertiary alicyclic amines) is 1. The molecule has 0 aromatic carbocycles. The van der Waals surface area contributed by atoms with E-state index in [-0.39, 0.29) is 29.4 Å². The first-order valence-corrected chi connectivity index (χ1v) is 9.98. The molecular weight excluding hydrogens is 366 g/mol. The highest BCUT2D eigenvalue weighted by molar-refractivity contribution is 7.14. The minimum absolute atomic E-state index is 0.213. The fourth-order valence-corrected chi connectivity index (χ4v) is 4.80. The number of carbonyl (C=O) groups is 3. The number of aryl methyl sites for hydroxylation is 2. The molecule has 142 valence electrons. The lowest BCUT2D eigenvalue weighted by Crippen LogP contribution is -2.49. The van der Waals surface area contributed by atoms with Gasteiger partial charge in [-0.15, -0.1) is 11.3 Å². The van der Waals surface area contributed by atoms with E-state index in [1.807, 2.05) is 6.07 Å². The number of hydrogen-bond donors (Lipinski definition) is 2. The van der Waals surface area contributed by atoms with Crippen LogP contribution in [0.15, 0.2) is 28.9 Å². The van der Waals surface area contributed by atoms with Gasteiger partial charge in [-0.1, -0.05) is 0 Å². The number of fused-ring (bicyclic) bond motifs is 1. The Morgan fingerprint density at radius 3 is 2.85 bits per heavy atom. The second kappa shape index (κ2) is 7.56. The minimum Gasteiger partial charge on any atom is -0.459 e. The molecule has 2 aromatic heterocycles. The zero-order valence-corrected chi connectivity index (χ0v) is 15.6. The lowest BCUT2D eigenvalue weighted by Gasteiger charge is -2.31. The van der Waals surface area contributed by atoms with E-state index < -0.39 is 0 Å². The fraction of sp³-hybridized carbons (Fsp3) is 0.421. The molecule has 2 aliphatic rings. The fourth-order valence-electron chi connectivity index (χ4n) is 3.65. The zero-order chi connectivity index (χ0) is 18.8. The van der Waals surface area contributed by atoms with Crippen LogP contribution in [0.1, 0.15) is 49.9 Å². The van der Waals surface area contributed by atoms with Gasteiger partial charge in [0.05, 0.1) is 17.1 Å². The van der Waals surface area contributed by atoms with Crippen LogP contribution in [-0.4, -0.2) is 35.7 Å². The summed E-state index contributed by atoms with van der Waals surface area (Å²) in [6.45, 7) is 0.908. The standard InChI is InChI=1S/C19H21N3O4S/c23-17(20-21-18(24)16-10-12-4-1-7-15(12)27-16)13-5-2-8-22(11-13)19(25)14-6-3-9-26-14/h3,6,9-10,13H,1-2,4-5,7-8,11H2,(H,20,23)(H,21,24). The van der Waals surface area contributed by atoms with Crippen molar-refractivity contribution in [1.29, 1.82) is 0 Å². The Balaban J connectivity index is 1.31. The van der Waals surface area contributed by atoms with Crippen molar-refractivity contribution in [2.24, 2.45) is 5.92 Å². The molecule has 1 aliphatic carbocycles. The van der Waals surface area contributed by atoms with Gasteiger partial charge in [0.25, 0.3) is 11.8 Å². The van der Waals surface area contributed by atoms with Crippen LogP contribution in [0.4, 0.5) is 0 Å². The SMILES string of the molecule is O=C(NNC(=O)C1CCCN(C(=O)c2ccco2)C1)c1cc2c(s1)CCC2. The summed E-state index contributed by atoms with van der Waals surface area (Å²) in [6, 6.07) is 5.20. The quantitative estimate of drug-likeness (QED) is 0.790. The molecule has 3 heterocycles. The summed E-state index contributed by atoms with van der Waals surface area (Å²) in [5.74, 6) is -0.859.